The number of halogens is 2. The molecule has 10 heteroatoms. The first-order valence-electron chi connectivity index (χ1n) is 8.91. The summed E-state index contributed by atoms with van der Waals surface area (Å²) in [7, 11) is 1.55. The average molecular weight is 434 g/mol. The first kappa shape index (κ1) is 21.5. The average Bonchev–Trinajstić information content (AvgIpc) is 3.08. The van der Waals surface area contributed by atoms with E-state index in [0.29, 0.717) is 29.6 Å². The van der Waals surface area contributed by atoms with Gasteiger partial charge in [0.15, 0.2) is 11.6 Å². The molecule has 0 aliphatic heterocycles. The fourth-order valence-electron chi connectivity index (χ4n) is 2.61. The Morgan fingerprint density at radius 2 is 2.10 bits per heavy atom. The van der Waals surface area contributed by atoms with Crippen molar-refractivity contribution in [3.8, 4) is 11.5 Å². The van der Waals surface area contributed by atoms with Crippen molar-refractivity contribution in [3.63, 3.8) is 0 Å². The van der Waals surface area contributed by atoms with Crippen LogP contribution in [0, 0.1) is 18.6 Å². The topological polar surface area (TPSA) is 102 Å². The number of anilines is 2. The zero-order valence-corrected chi connectivity index (χ0v) is 17.1. The molecule has 0 saturated carbocycles. The Morgan fingerprint density at radius 1 is 1.30 bits per heavy atom. The molecule has 7 nitrogen and oxygen atoms in total. The third-order valence-corrected chi connectivity index (χ3v) is 4.92. The largest absolute Gasteiger partial charge is 0.454 e. The van der Waals surface area contributed by atoms with Gasteiger partial charge in [-0.3, -0.25) is 14.2 Å². The molecule has 0 atom stereocenters. The Bertz CT molecular complexity index is 1130. The number of aromatic nitrogens is 1. The highest BCUT2D eigenvalue weighted by atomic mass is 32.1. The normalized spacial score (nSPS) is 11.5. The fourth-order valence-corrected chi connectivity index (χ4v) is 3.37. The fraction of sp³-hybridized carbons (Fsp3) is 0.200. The first-order valence-corrected chi connectivity index (χ1v) is 9.72. The van der Waals surface area contributed by atoms with Crippen LogP contribution in [-0.4, -0.2) is 30.5 Å². The van der Waals surface area contributed by atoms with Crippen molar-refractivity contribution in [2.24, 2.45) is 10.7 Å². The standard InChI is InChI=1S/C20H20F2N4O3S/c1-11-10-12(29-15-5-3-4-13(21)17(15)22)6-7-14(11)25-20-16(19(27)26-30-20)18(23)24-8-9-28-2/h3-7,10,25H,8-9H2,1-2H3,(H2,23,24)(H,26,27). The van der Waals surface area contributed by atoms with E-state index in [2.05, 4.69) is 14.7 Å². The van der Waals surface area contributed by atoms with Crippen LogP contribution in [0.5, 0.6) is 11.5 Å². The van der Waals surface area contributed by atoms with E-state index in [0.717, 1.165) is 23.2 Å². The molecule has 3 aromatic rings. The molecule has 4 N–H and O–H groups in total. The Morgan fingerprint density at radius 3 is 2.83 bits per heavy atom. The second-order valence-electron chi connectivity index (χ2n) is 6.25. The molecule has 158 valence electrons. The number of rotatable bonds is 8. The Hall–Kier alpha value is -3.24. The van der Waals surface area contributed by atoms with Gasteiger partial charge in [0.25, 0.3) is 5.56 Å². The maximum absolute atomic E-state index is 13.8. The van der Waals surface area contributed by atoms with Crippen LogP contribution in [0.1, 0.15) is 11.1 Å². The van der Waals surface area contributed by atoms with Gasteiger partial charge in [-0.1, -0.05) is 6.07 Å². The highest BCUT2D eigenvalue weighted by molar-refractivity contribution is 7.10. The van der Waals surface area contributed by atoms with Crippen LogP contribution >= 0.6 is 11.5 Å². The second-order valence-corrected chi connectivity index (χ2v) is 7.07. The first-order chi connectivity index (χ1) is 14.4. The summed E-state index contributed by atoms with van der Waals surface area (Å²) in [5.41, 5.74) is 7.31. The Labute approximate surface area is 175 Å². The quantitative estimate of drug-likeness (QED) is 0.283. The summed E-state index contributed by atoms with van der Waals surface area (Å²) in [5.74, 6) is -1.80. The molecule has 0 fully saturated rings. The third kappa shape index (κ3) is 4.84. The van der Waals surface area contributed by atoms with Gasteiger partial charge in [0.1, 0.15) is 22.1 Å². The minimum Gasteiger partial charge on any atom is -0.454 e. The zero-order valence-electron chi connectivity index (χ0n) is 16.3. The minimum atomic E-state index is -1.05. The number of hydrogen-bond acceptors (Lipinski definition) is 6. The molecule has 0 bridgehead atoms. The minimum absolute atomic E-state index is 0.108. The SMILES string of the molecule is COCCN=C(N)c1c(Nc2ccc(Oc3cccc(F)c3F)cc2C)s[nH]c1=O. The number of hydrogen-bond donors (Lipinski definition) is 3. The van der Waals surface area contributed by atoms with Gasteiger partial charge in [-0.05, 0) is 54.4 Å². The van der Waals surface area contributed by atoms with Gasteiger partial charge < -0.3 is 20.5 Å². The molecule has 0 spiro atoms. The molecule has 0 radical (unpaired) electrons. The number of nitrogens with two attached hydrogens (primary N) is 1. The highest BCUT2D eigenvalue weighted by Gasteiger charge is 2.16. The number of benzene rings is 2. The zero-order chi connectivity index (χ0) is 21.7. The molecular weight excluding hydrogens is 414 g/mol. The summed E-state index contributed by atoms with van der Waals surface area (Å²) in [4.78, 5) is 16.3. The van der Waals surface area contributed by atoms with E-state index in [-0.39, 0.29) is 22.7 Å². The van der Waals surface area contributed by atoms with E-state index in [4.69, 9.17) is 15.2 Å². The number of methoxy groups -OCH3 is 1. The van der Waals surface area contributed by atoms with E-state index in [9.17, 15) is 13.6 Å². The lowest BCUT2D eigenvalue weighted by molar-refractivity contribution is 0.208. The molecule has 0 amide bonds. The second kappa shape index (κ2) is 9.51. The Kier molecular flexibility index (Phi) is 6.80. The lowest BCUT2D eigenvalue weighted by Crippen LogP contribution is -2.23. The number of aryl methyl sites for hydroxylation is 1. The lowest BCUT2D eigenvalue weighted by Gasteiger charge is -2.12. The van der Waals surface area contributed by atoms with Crippen molar-refractivity contribution >= 4 is 28.1 Å². The van der Waals surface area contributed by atoms with Crippen LogP contribution in [-0.2, 0) is 4.74 Å². The summed E-state index contributed by atoms with van der Waals surface area (Å²) in [6.07, 6.45) is 0. The van der Waals surface area contributed by atoms with Gasteiger partial charge in [-0.25, -0.2) is 4.39 Å². The molecule has 0 saturated heterocycles. The van der Waals surface area contributed by atoms with Crippen LogP contribution in [0.3, 0.4) is 0 Å². The van der Waals surface area contributed by atoms with Crippen molar-refractivity contribution in [2.45, 2.75) is 6.92 Å². The van der Waals surface area contributed by atoms with Crippen LogP contribution in [0.15, 0.2) is 46.2 Å². The van der Waals surface area contributed by atoms with E-state index in [1.807, 2.05) is 6.92 Å². The number of ether oxygens (including phenoxy) is 2. The molecule has 30 heavy (non-hydrogen) atoms. The highest BCUT2D eigenvalue weighted by Crippen LogP contribution is 2.31. The summed E-state index contributed by atoms with van der Waals surface area (Å²) in [6, 6.07) is 8.70. The van der Waals surface area contributed by atoms with Crippen molar-refractivity contribution in [1.82, 2.24) is 4.37 Å². The number of amidine groups is 1. The van der Waals surface area contributed by atoms with E-state index in [1.54, 1.807) is 25.3 Å². The Balaban J connectivity index is 1.81. The molecule has 0 aliphatic carbocycles. The van der Waals surface area contributed by atoms with Crippen LogP contribution in [0.25, 0.3) is 0 Å². The van der Waals surface area contributed by atoms with Crippen molar-refractivity contribution in [2.75, 3.05) is 25.6 Å². The van der Waals surface area contributed by atoms with Gasteiger partial charge in [0, 0.05) is 12.8 Å². The number of aliphatic imine (C=N–C) groups is 1. The van der Waals surface area contributed by atoms with Gasteiger partial charge >= 0.3 is 0 Å². The molecule has 0 aliphatic rings. The van der Waals surface area contributed by atoms with Gasteiger partial charge in [-0.15, -0.1) is 0 Å². The van der Waals surface area contributed by atoms with E-state index in [1.165, 1.54) is 12.1 Å². The molecule has 0 unspecified atom stereocenters. The molecule has 1 aromatic heterocycles. The summed E-state index contributed by atoms with van der Waals surface area (Å²) >= 11 is 1.09. The predicted molar refractivity (Wildman–Crippen MR) is 113 cm³/mol. The van der Waals surface area contributed by atoms with Crippen molar-refractivity contribution < 1.29 is 18.3 Å². The molecule has 3 rings (SSSR count). The van der Waals surface area contributed by atoms with E-state index >= 15 is 0 Å². The number of nitrogens with one attached hydrogen (secondary N) is 2. The van der Waals surface area contributed by atoms with Gasteiger partial charge in [0.2, 0.25) is 5.82 Å². The third-order valence-electron chi connectivity index (χ3n) is 4.12. The number of nitrogens with zero attached hydrogens (tertiary/aromatic N) is 1. The summed E-state index contributed by atoms with van der Waals surface area (Å²) in [6.45, 7) is 2.53. The summed E-state index contributed by atoms with van der Waals surface area (Å²) < 4.78 is 40.2. The molecule has 2 aromatic carbocycles. The lowest BCUT2D eigenvalue weighted by atomic mass is 10.2. The van der Waals surface area contributed by atoms with Crippen LogP contribution in [0.2, 0.25) is 0 Å². The smallest absolute Gasteiger partial charge is 0.271 e. The van der Waals surface area contributed by atoms with Crippen LogP contribution in [0.4, 0.5) is 19.5 Å². The monoisotopic (exact) mass is 434 g/mol. The van der Waals surface area contributed by atoms with Gasteiger partial charge in [0.05, 0.1) is 13.2 Å². The van der Waals surface area contributed by atoms with Crippen LogP contribution < -0.4 is 21.3 Å². The number of aromatic amines is 1. The summed E-state index contributed by atoms with van der Waals surface area (Å²) in [5, 5.41) is 3.66. The molecular formula is C20H20F2N4O3S. The van der Waals surface area contributed by atoms with Crippen molar-refractivity contribution in [1.29, 1.82) is 0 Å². The maximum atomic E-state index is 13.8. The number of H-pyrrole nitrogens is 1. The van der Waals surface area contributed by atoms with Gasteiger partial charge in [-0.2, -0.15) is 4.39 Å². The van der Waals surface area contributed by atoms with Crippen molar-refractivity contribution in [3.05, 3.63) is 69.5 Å². The van der Waals surface area contributed by atoms with E-state index < -0.39 is 11.6 Å². The predicted octanol–water partition coefficient (Wildman–Crippen LogP) is 3.91. The molecule has 1 heterocycles. The maximum Gasteiger partial charge on any atom is 0.271 e.